The first-order chi connectivity index (χ1) is 16.7. The van der Waals surface area contributed by atoms with Gasteiger partial charge >= 0.3 is 0 Å². The highest BCUT2D eigenvalue weighted by Gasteiger charge is 2.48. The Kier molecular flexibility index (Phi) is 5.36. The number of aromatic amines is 1. The molecule has 5 heteroatoms. The van der Waals surface area contributed by atoms with E-state index in [-0.39, 0.29) is 11.3 Å². The van der Waals surface area contributed by atoms with Gasteiger partial charge in [0.25, 0.3) is 11.7 Å². The van der Waals surface area contributed by atoms with Crippen molar-refractivity contribution in [3.8, 4) is 0 Å². The van der Waals surface area contributed by atoms with Crippen molar-refractivity contribution < 1.29 is 14.7 Å². The molecule has 1 aliphatic heterocycles. The number of ketones is 1. The lowest BCUT2D eigenvalue weighted by Crippen LogP contribution is -2.29. The van der Waals surface area contributed by atoms with Gasteiger partial charge in [-0.05, 0) is 81.1 Å². The minimum atomic E-state index is -0.769. The average molecular weight is 465 g/mol. The first kappa shape index (κ1) is 22.7. The van der Waals surface area contributed by atoms with E-state index in [1.165, 1.54) is 4.90 Å². The first-order valence-electron chi connectivity index (χ1n) is 11.7. The zero-order valence-electron chi connectivity index (χ0n) is 20.6. The van der Waals surface area contributed by atoms with Crippen molar-refractivity contribution in [2.24, 2.45) is 0 Å². The van der Waals surface area contributed by atoms with Crippen molar-refractivity contribution in [1.82, 2.24) is 4.98 Å². The normalized spacial score (nSPS) is 17.5. The fourth-order valence-corrected chi connectivity index (χ4v) is 4.94. The predicted octanol–water partition coefficient (Wildman–Crippen LogP) is 6.34. The summed E-state index contributed by atoms with van der Waals surface area (Å²) in [6.45, 7) is 9.88. The molecule has 2 N–H and O–H groups in total. The van der Waals surface area contributed by atoms with Gasteiger partial charge in [-0.3, -0.25) is 14.5 Å². The van der Waals surface area contributed by atoms with Crippen molar-refractivity contribution in [3.05, 3.63) is 105 Å². The third-order valence-electron chi connectivity index (χ3n) is 7.21. The van der Waals surface area contributed by atoms with Crippen molar-refractivity contribution in [2.75, 3.05) is 4.90 Å². The molecule has 176 valence electrons. The van der Waals surface area contributed by atoms with E-state index in [9.17, 15) is 14.7 Å². The van der Waals surface area contributed by atoms with Gasteiger partial charge in [0, 0.05) is 33.4 Å². The lowest BCUT2D eigenvalue weighted by molar-refractivity contribution is -0.132. The van der Waals surface area contributed by atoms with E-state index < -0.39 is 17.7 Å². The van der Waals surface area contributed by atoms with Crippen LogP contribution in [0.2, 0.25) is 0 Å². The number of carbonyl (C=O) groups is 2. The van der Waals surface area contributed by atoms with Crippen molar-refractivity contribution >= 4 is 34.0 Å². The number of aliphatic hydroxyl groups is 1. The SMILES string of the molecule is Cc1ccc(/C(O)=C2\C(=O)C(=O)N(c3ccc(C)c(C)c3)C2c2c(C)[nH]c3ccccc23)cc1C. The summed E-state index contributed by atoms with van der Waals surface area (Å²) < 4.78 is 0. The van der Waals surface area contributed by atoms with Crippen LogP contribution in [-0.4, -0.2) is 21.8 Å². The molecule has 0 spiro atoms. The van der Waals surface area contributed by atoms with Crippen LogP contribution in [0.25, 0.3) is 16.7 Å². The summed E-state index contributed by atoms with van der Waals surface area (Å²) in [6, 6.07) is 18.4. The molecule has 1 aliphatic rings. The number of aromatic nitrogens is 1. The quantitative estimate of drug-likeness (QED) is 0.211. The molecule has 0 aliphatic carbocycles. The highest BCUT2D eigenvalue weighted by molar-refractivity contribution is 6.52. The second kappa shape index (κ2) is 8.27. The molecule has 5 nitrogen and oxygen atoms in total. The van der Waals surface area contributed by atoms with Crippen LogP contribution < -0.4 is 4.90 Å². The number of H-pyrrole nitrogens is 1. The molecule has 0 saturated carbocycles. The van der Waals surface area contributed by atoms with Gasteiger partial charge < -0.3 is 10.1 Å². The Morgan fingerprint density at radius 3 is 2.17 bits per heavy atom. The number of nitrogens with one attached hydrogen (secondary N) is 1. The second-order valence-corrected chi connectivity index (χ2v) is 9.45. The van der Waals surface area contributed by atoms with Crippen LogP contribution in [0.15, 0.2) is 66.2 Å². The summed E-state index contributed by atoms with van der Waals surface area (Å²) in [5, 5.41) is 12.4. The zero-order valence-corrected chi connectivity index (χ0v) is 20.6. The molecule has 3 aromatic carbocycles. The number of hydrogen-bond donors (Lipinski definition) is 2. The number of aliphatic hydroxyl groups excluding tert-OH is 1. The van der Waals surface area contributed by atoms with E-state index in [0.717, 1.165) is 44.4 Å². The second-order valence-electron chi connectivity index (χ2n) is 9.45. The Balaban J connectivity index is 1.82. The topological polar surface area (TPSA) is 73.4 Å². The maximum atomic E-state index is 13.5. The lowest BCUT2D eigenvalue weighted by atomic mass is 9.92. The molecule has 1 fully saturated rings. The van der Waals surface area contributed by atoms with Crippen LogP contribution in [0.5, 0.6) is 0 Å². The Bertz CT molecular complexity index is 1560. The van der Waals surface area contributed by atoms with E-state index in [4.69, 9.17) is 0 Å². The van der Waals surface area contributed by atoms with Gasteiger partial charge in [-0.1, -0.05) is 36.4 Å². The molecule has 1 saturated heterocycles. The molecule has 4 aromatic rings. The van der Waals surface area contributed by atoms with Gasteiger partial charge in [0.05, 0.1) is 11.6 Å². The van der Waals surface area contributed by atoms with Gasteiger partial charge in [0.1, 0.15) is 5.76 Å². The summed E-state index contributed by atoms with van der Waals surface area (Å²) in [4.78, 5) is 32.0. The number of rotatable bonds is 3. The monoisotopic (exact) mass is 464 g/mol. The number of fused-ring (bicyclic) bond motifs is 1. The number of para-hydroxylation sites is 1. The maximum Gasteiger partial charge on any atom is 0.300 e. The largest absolute Gasteiger partial charge is 0.507 e. The van der Waals surface area contributed by atoms with Gasteiger partial charge in [-0.2, -0.15) is 0 Å². The Morgan fingerprint density at radius 1 is 0.829 bits per heavy atom. The number of anilines is 1. The van der Waals surface area contributed by atoms with E-state index in [1.54, 1.807) is 6.07 Å². The van der Waals surface area contributed by atoms with Crippen molar-refractivity contribution in [2.45, 2.75) is 40.7 Å². The molecule has 1 amide bonds. The molecule has 1 unspecified atom stereocenters. The minimum absolute atomic E-state index is 0.101. The summed E-state index contributed by atoms with van der Waals surface area (Å²) in [6.07, 6.45) is 0. The smallest absolute Gasteiger partial charge is 0.300 e. The third kappa shape index (κ3) is 3.55. The standard InChI is InChI=1S/C30H28N2O3/c1-16-10-12-21(14-18(16)3)28(33)26-27(25-20(5)31-24-9-7-6-8-23(24)25)32(30(35)29(26)34)22-13-11-17(2)19(4)15-22/h6-15,27,31,33H,1-5H3/b28-26+. The number of amides is 1. The number of carbonyl (C=O) groups excluding carboxylic acids is 2. The highest BCUT2D eigenvalue weighted by atomic mass is 16.3. The summed E-state index contributed by atoms with van der Waals surface area (Å²) in [7, 11) is 0. The molecule has 5 rings (SSSR count). The summed E-state index contributed by atoms with van der Waals surface area (Å²) >= 11 is 0. The molecule has 0 bridgehead atoms. The molecule has 35 heavy (non-hydrogen) atoms. The zero-order chi connectivity index (χ0) is 25.0. The minimum Gasteiger partial charge on any atom is -0.507 e. The van der Waals surface area contributed by atoms with Crippen LogP contribution in [0.4, 0.5) is 5.69 Å². The van der Waals surface area contributed by atoms with Crippen molar-refractivity contribution in [1.29, 1.82) is 0 Å². The van der Waals surface area contributed by atoms with Crippen LogP contribution in [0.3, 0.4) is 0 Å². The molecule has 0 radical (unpaired) electrons. The van der Waals surface area contributed by atoms with Crippen molar-refractivity contribution in [3.63, 3.8) is 0 Å². The van der Waals surface area contributed by atoms with Crippen LogP contribution in [0.1, 0.15) is 45.1 Å². The number of Topliss-reactive ketones (excluding diaryl/α,β-unsaturated/α-hetero) is 1. The predicted molar refractivity (Wildman–Crippen MR) is 140 cm³/mol. The molecule has 1 aromatic heterocycles. The number of hydrogen-bond acceptors (Lipinski definition) is 3. The van der Waals surface area contributed by atoms with E-state index in [1.807, 2.05) is 89.2 Å². The van der Waals surface area contributed by atoms with Gasteiger partial charge in [0.2, 0.25) is 0 Å². The number of nitrogens with zero attached hydrogens (tertiary/aromatic N) is 1. The Hall–Kier alpha value is -4.12. The molecular formula is C30H28N2O3. The maximum absolute atomic E-state index is 13.5. The van der Waals surface area contributed by atoms with E-state index in [0.29, 0.717) is 11.3 Å². The summed E-state index contributed by atoms with van der Waals surface area (Å²) in [5.41, 5.74) is 8.02. The van der Waals surface area contributed by atoms with Crippen LogP contribution >= 0.6 is 0 Å². The van der Waals surface area contributed by atoms with E-state index in [2.05, 4.69) is 4.98 Å². The van der Waals surface area contributed by atoms with E-state index >= 15 is 0 Å². The number of benzene rings is 3. The Labute approximate surface area is 204 Å². The first-order valence-corrected chi connectivity index (χ1v) is 11.7. The van der Waals surface area contributed by atoms with Crippen LogP contribution in [-0.2, 0) is 9.59 Å². The van der Waals surface area contributed by atoms with Gasteiger partial charge in [-0.15, -0.1) is 0 Å². The molecule has 2 heterocycles. The third-order valence-corrected chi connectivity index (χ3v) is 7.21. The fourth-order valence-electron chi connectivity index (χ4n) is 4.94. The fraction of sp³-hybridized carbons (Fsp3) is 0.200. The Morgan fingerprint density at radius 2 is 1.49 bits per heavy atom. The summed E-state index contributed by atoms with van der Waals surface area (Å²) in [5.74, 6) is -1.49. The van der Waals surface area contributed by atoms with Crippen LogP contribution in [0, 0.1) is 34.6 Å². The molecular weight excluding hydrogens is 436 g/mol. The molecule has 1 atom stereocenters. The number of aryl methyl sites for hydroxylation is 5. The lowest BCUT2D eigenvalue weighted by Gasteiger charge is -2.26. The highest BCUT2D eigenvalue weighted by Crippen LogP contribution is 2.45. The average Bonchev–Trinajstić information content (AvgIpc) is 3.29. The van der Waals surface area contributed by atoms with Gasteiger partial charge in [-0.25, -0.2) is 0 Å². The van der Waals surface area contributed by atoms with Gasteiger partial charge in [0.15, 0.2) is 0 Å².